The summed E-state index contributed by atoms with van der Waals surface area (Å²) in [6, 6.07) is 7.54. The molecule has 2 nitrogen and oxygen atoms in total. The van der Waals surface area contributed by atoms with Crippen LogP contribution in [0, 0.1) is 0 Å². The minimum atomic E-state index is 0. The average Bonchev–Trinajstić information content (AvgIpc) is 2.04. The molecule has 0 unspecified atom stereocenters. The van der Waals surface area contributed by atoms with Gasteiger partial charge < -0.3 is 6.16 Å². The van der Waals surface area contributed by atoms with Crippen LogP contribution in [-0.4, -0.2) is 6.47 Å². The van der Waals surface area contributed by atoms with Crippen molar-refractivity contribution in [3.05, 3.63) is 29.8 Å². The van der Waals surface area contributed by atoms with Crippen molar-refractivity contribution >= 4 is 6.47 Å². The normalized spacial score (nSPS) is 10.2. The van der Waals surface area contributed by atoms with Crippen LogP contribution in [0.2, 0.25) is 0 Å². The maximum atomic E-state index is 10.0. The van der Waals surface area contributed by atoms with Gasteiger partial charge >= 0.3 is 29.6 Å². The Morgan fingerprint density at radius 2 is 1.71 bits per heavy atom. The summed E-state index contributed by atoms with van der Waals surface area (Å²) in [5.74, 6) is 0.586. The minimum Gasteiger partial charge on any atom is -1.00 e. The van der Waals surface area contributed by atoms with E-state index in [0.29, 0.717) is 12.2 Å². The third-order valence-electron chi connectivity index (χ3n) is 1.90. The summed E-state index contributed by atoms with van der Waals surface area (Å²) in [5.41, 5.74) is 1.37. The zero-order valence-corrected chi connectivity index (χ0v) is 11.2. The first-order valence-electron chi connectivity index (χ1n) is 4.25. The van der Waals surface area contributed by atoms with E-state index in [1.807, 2.05) is 12.1 Å². The summed E-state index contributed by atoms with van der Waals surface area (Å²) in [7, 11) is 0. The largest absolute Gasteiger partial charge is 1.00 e. The molecule has 0 N–H and O–H groups in total. The SMILES string of the molecule is CC(C)(C)c1ccc(OC=O)cc1.[H-].[Na+]. The topological polar surface area (TPSA) is 26.3 Å². The first kappa shape index (κ1) is 13.7. The molecule has 72 valence electrons. The molecule has 0 bridgehead atoms. The van der Waals surface area contributed by atoms with E-state index in [-0.39, 0.29) is 36.4 Å². The summed E-state index contributed by atoms with van der Waals surface area (Å²) in [4.78, 5) is 10.0. The van der Waals surface area contributed by atoms with Crippen LogP contribution < -0.4 is 34.3 Å². The van der Waals surface area contributed by atoms with Crippen LogP contribution in [0.5, 0.6) is 5.75 Å². The van der Waals surface area contributed by atoms with E-state index in [2.05, 4.69) is 20.8 Å². The molecule has 0 aliphatic heterocycles. The Morgan fingerprint density at radius 3 is 2.07 bits per heavy atom. The van der Waals surface area contributed by atoms with Crippen molar-refractivity contribution in [3.63, 3.8) is 0 Å². The van der Waals surface area contributed by atoms with E-state index < -0.39 is 0 Å². The number of carbonyl (C=O) groups excluding carboxylic acids is 1. The van der Waals surface area contributed by atoms with Gasteiger partial charge in [0.15, 0.2) is 0 Å². The molecule has 0 atom stereocenters. The number of hydrogen-bond acceptors (Lipinski definition) is 2. The van der Waals surface area contributed by atoms with Gasteiger partial charge in [-0.1, -0.05) is 32.9 Å². The molecule has 0 aliphatic carbocycles. The summed E-state index contributed by atoms with van der Waals surface area (Å²) in [6.07, 6.45) is 0. The van der Waals surface area contributed by atoms with E-state index in [4.69, 9.17) is 4.74 Å². The fourth-order valence-corrected chi connectivity index (χ4v) is 1.09. The van der Waals surface area contributed by atoms with E-state index in [1.165, 1.54) is 5.56 Å². The van der Waals surface area contributed by atoms with Crippen molar-refractivity contribution in [2.75, 3.05) is 0 Å². The molecule has 0 spiro atoms. The van der Waals surface area contributed by atoms with Gasteiger partial charge in [0.05, 0.1) is 0 Å². The molecule has 1 aromatic rings. The van der Waals surface area contributed by atoms with Crippen molar-refractivity contribution in [1.29, 1.82) is 0 Å². The van der Waals surface area contributed by atoms with Crippen molar-refractivity contribution in [1.82, 2.24) is 0 Å². The van der Waals surface area contributed by atoms with Gasteiger partial charge in [-0.05, 0) is 23.1 Å². The second kappa shape index (κ2) is 5.54. The number of carbonyl (C=O) groups is 1. The zero-order valence-electron chi connectivity index (χ0n) is 10.2. The molecule has 0 saturated heterocycles. The predicted octanol–water partition coefficient (Wildman–Crippen LogP) is -0.364. The fourth-order valence-electron chi connectivity index (χ4n) is 1.09. The summed E-state index contributed by atoms with van der Waals surface area (Å²) in [5, 5.41) is 0. The Morgan fingerprint density at radius 1 is 1.21 bits per heavy atom. The van der Waals surface area contributed by atoms with Crippen LogP contribution in [0.3, 0.4) is 0 Å². The molecular weight excluding hydrogens is 187 g/mol. The Kier molecular flexibility index (Phi) is 5.42. The van der Waals surface area contributed by atoms with E-state index in [1.54, 1.807) is 12.1 Å². The molecule has 1 rings (SSSR count). The van der Waals surface area contributed by atoms with Crippen LogP contribution in [0.1, 0.15) is 27.8 Å². The van der Waals surface area contributed by atoms with Gasteiger partial charge in [0.1, 0.15) is 5.75 Å². The van der Waals surface area contributed by atoms with E-state index in [9.17, 15) is 4.79 Å². The maximum Gasteiger partial charge on any atom is 1.00 e. The quantitative estimate of drug-likeness (QED) is 0.483. The summed E-state index contributed by atoms with van der Waals surface area (Å²) in [6.45, 7) is 6.86. The Bertz CT molecular complexity index is 290. The number of rotatable bonds is 2. The molecular formula is C11H15NaO2. The molecule has 3 heteroatoms. The van der Waals surface area contributed by atoms with Crippen LogP contribution in [0.25, 0.3) is 0 Å². The molecule has 0 amide bonds. The molecule has 0 fully saturated rings. The number of ether oxygens (including phenoxy) is 1. The first-order chi connectivity index (χ1) is 6.04. The monoisotopic (exact) mass is 202 g/mol. The summed E-state index contributed by atoms with van der Waals surface area (Å²) >= 11 is 0. The third-order valence-corrected chi connectivity index (χ3v) is 1.90. The van der Waals surface area contributed by atoms with Crippen molar-refractivity contribution in [3.8, 4) is 5.75 Å². The average molecular weight is 202 g/mol. The Hall–Kier alpha value is -0.310. The van der Waals surface area contributed by atoms with E-state index >= 15 is 0 Å². The second-order valence-corrected chi connectivity index (χ2v) is 3.99. The van der Waals surface area contributed by atoms with Crippen LogP contribution in [-0.2, 0) is 10.2 Å². The van der Waals surface area contributed by atoms with E-state index in [0.717, 1.165) is 0 Å². The third kappa shape index (κ3) is 3.82. The van der Waals surface area contributed by atoms with Gasteiger partial charge in [0.2, 0.25) is 0 Å². The van der Waals surface area contributed by atoms with Gasteiger partial charge in [0, 0.05) is 0 Å². The standard InChI is InChI=1S/C11H14O2.Na.H/c1-11(2,3)9-4-6-10(7-5-9)13-8-12;;/h4-8H,1-3H3;;/q;+1;-1. The van der Waals surface area contributed by atoms with Crippen LogP contribution >= 0.6 is 0 Å². The Balaban J connectivity index is 0. The summed E-state index contributed by atoms with van der Waals surface area (Å²) < 4.78 is 4.69. The first-order valence-corrected chi connectivity index (χ1v) is 4.25. The molecule has 0 aromatic heterocycles. The van der Waals surface area contributed by atoms with Crippen molar-refractivity contribution in [2.24, 2.45) is 0 Å². The van der Waals surface area contributed by atoms with Gasteiger partial charge in [-0.2, -0.15) is 0 Å². The van der Waals surface area contributed by atoms with Gasteiger partial charge in [-0.15, -0.1) is 0 Å². The molecule has 1 aromatic carbocycles. The molecule has 14 heavy (non-hydrogen) atoms. The maximum absolute atomic E-state index is 10.0. The van der Waals surface area contributed by atoms with Crippen molar-refractivity contribution in [2.45, 2.75) is 26.2 Å². The smallest absolute Gasteiger partial charge is 1.00 e. The molecule has 0 heterocycles. The molecule has 0 aliphatic rings. The van der Waals surface area contributed by atoms with Crippen molar-refractivity contribution < 1.29 is 40.5 Å². The number of benzene rings is 1. The number of hydrogen-bond donors (Lipinski definition) is 0. The van der Waals surface area contributed by atoms with Crippen LogP contribution in [0.4, 0.5) is 0 Å². The van der Waals surface area contributed by atoms with Gasteiger partial charge in [0.25, 0.3) is 6.47 Å². The predicted molar refractivity (Wildman–Crippen MR) is 52.9 cm³/mol. The van der Waals surface area contributed by atoms with Crippen LogP contribution in [0.15, 0.2) is 24.3 Å². The second-order valence-electron chi connectivity index (χ2n) is 3.99. The minimum absolute atomic E-state index is 0. The zero-order chi connectivity index (χ0) is 9.90. The molecule has 0 saturated carbocycles. The fraction of sp³-hybridized carbons (Fsp3) is 0.364. The van der Waals surface area contributed by atoms with Gasteiger partial charge in [-0.25, -0.2) is 0 Å². The van der Waals surface area contributed by atoms with Gasteiger partial charge in [-0.3, -0.25) is 4.79 Å². The Labute approximate surface area is 108 Å². The molecule has 0 radical (unpaired) electrons.